The van der Waals surface area contributed by atoms with Gasteiger partial charge in [0, 0.05) is 147 Å². The molecule has 4 aliphatic heterocycles. The summed E-state index contributed by atoms with van der Waals surface area (Å²) < 4.78 is 0. The number of thiazole rings is 4. The molecule has 0 spiro atoms. The van der Waals surface area contributed by atoms with Crippen molar-refractivity contribution in [2.45, 2.75) is 360 Å². The number of hydrogen-bond donors (Lipinski definition) is 12. The van der Waals surface area contributed by atoms with Crippen LogP contribution in [0.3, 0.4) is 0 Å². The van der Waals surface area contributed by atoms with Crippen LogP contribution in [0.25, 0.3) is 41.8 Å². The smallest absolute Gasteiger partial charge is 0.280 e. The van der Waals surface area contributed by atoms with Crippen LogP contribution in [0, 0.1) is 32.6 Å². The Morgan fingerprint density at radius 1 is 0.401 bits per heavy atom. The minimum Gasteiger partial charge on any atom is -0.389 e. The largest absolute Gasteiger partial charge is 0.389 e. The summed E-state index contributed by atoms with van der Waals surface area (Å²) in [4.78, 5) is 153. The van der Waals surface area contributed by atoms with Crippen LogP contribution in [-0.2, 0) is 0 Å². The number of piperidine rings is 1. The third kappa shape index (κ3) is 27.2. The number of nitrogens with zero attached hydrogens (tertiary/aromatic N) is 12. The van der Waals surface area contributed by atoms with Crippen molar-refractivity contribution in [2.24, 2.45) is 11.8 Å². The van der Waals surface area contributed by atoms with Crippen molar-refractivity contribution in [3.63, 3.8) is 0 Å². The molecule has 12 heterocycles. The van der Waals surface area contributed by atoms with Gasteiger partial charge in [-0.1, -0.05) is 32.1 Å². The average molecular weight is 2020 g/mol. The molecule has 0 aromatic carbocycles. The summed E-state index contributed by atoms with van der Waals surface area (Å²) in [6.07, 6.45) is 36.6. The van der Waals surface area contributed by atoms with Gasteiger partial charge in [0.15, 0.2) is 20.0 Å². The fraction of sp³-hybridized carbons (Fsp3) is 0.623. The highest BCUT2D eigenvalue weighted by Gasteiger charge is 2.43. The molecule has 8 aromatic rings. The van der Waals surface area contributed by atoms with E-state index in [4.69, 9.17) is 4.98 Å². The third-order valence-corrected chi connectivity index (χ3v) is 33.5. The van der Waals surface area contributed by atoms with Crippen molar-refractivity contribution >= 4 is 116 Å². The Balaban J connectivity index is 0.000000143. The maximum absolute atomic E-state index is 13.8. The van der Waals surface area contributed by atoms with Crippen molar-refractivity contribution in [3.05, 3.63) is 114 Å². The zero-order valence-electron chi connectivity index (χ0n) is 85.7. The number of aryl methyl sites for hydroxylation is 3. The maximum Gasteiger partial charge on any atom is 0.280 e. The topological polar surface area (TPSA) is 430 Å². The van der Waals surface area contributed by atoms with Gasteiger partial charge in [-0.05, 0) is 316 Å². The Kier molecular flexibility index (Phi) is 33.9. The highest BCUT2D eigenvalue weighted by atomic mass is 32.1. The summed E-state index contributed by atoms with van der Waals surface area (Å²) >= 11 is 4.87. The van der Waals surface area contributed by atoms with E-state index >= 15 is 0 Å². The van der Waals surface area contributed by atoms with Crippen LogP contribution < -0.4 is 42.5 Å². The van der Waals surface area contributed by atoms with Crippen molar-refractivity contribution in [1.29, 1.82) is 0 Å². The minimum atomic E-state index is -1.04. The van der Waals surface area contributed by atoms with Gasteiger partial charge in [0.25, 0.3) is 47.3 Å². The van der Waals surface area contributed by atoms with Gasteiger partial charge >= 0.3 is 0 Å². The molecule has 10 aliphatic rings. The number of aromatic nitrogens is 8. The van der Waals surface area contributed by atoms with E-state index in [0.717, 1.165) is 157 Å². The van der Waals surface area contributed by atoms with E-state index in [1.807, 2.05) is 78.6 Å². The number of anilines is 4. The molecule has 32 nitrogen and oxygen atoms in total. The number of pyridine rings is 4. The summed E-state index contributed by atoms with van der Waals surface area (Å²) in [7, 11) is 0. The highest BCUT2D eigenvalue weighted by Crippen LogP contribution is 2.49. The standard InChI is InChI=1S/C29H41N5O3S.C26H35N5O3S.C26H37N5O3S.C25H35N5O3S/c1-18-9-7-8-14-34(18)28(36)24-25(38-27(33-24)26(35)31-17-29(2,3)37)22-16-30-23(15-21(22)19-12-13-19)32-20-10-5-4-6-11-20;1-16-13-20(29-18-8-3-4-9-18)27-14-19(16)22-21(25(33)31-12-5-7-17(31)2)30-24(35-22)23(32)28-15-26(34)10-6-11-26;1-15-12-19(30-26(5,6)17-9-10-17)27-13-18(15)21-20(24(33)31-11-7-8-16(31)2)29-23(35-21)22(32)28-14-25(3,4)34;1-14-11-19(28-16(3)17-8-9-17)26-12-18(14)21-20(24(32)30-10-6-7-15(30)2)29-23(34-21)22(31)27-13-25(4,5)33/h15-16,18-20,37H,4-14,17H2,1-3H3,(H,30,32)(H,31,35);13-14,17-18,34H,3-12,15H2,1-2H3,(H,27,29)(H,28,32);12-13,16-17,34H,7-11,14H2,1-6H3,(H,27,30)(H,28,32);11-12,15-17,33H,6-10,13H2,1-5H3,(H,26,28)(H,27,31)/t18-;17-;16-;15-,16+/m0000/s1. The molecule has 4 saturated heterocycles. The SMILES string of the molecule is C[C@H]1CCCCN1C(=O)c1nc(C(=O)NCC(C)(C)O)sc1-c1cnc(NC2CCCCC2)cc1C1CC1.Cc1cc(NC(C)(C)C2CC2)ncc1-c1sc(C(=O)NCC(C)(C)O)nc1C(=O)N1CCC[C@@H]1C.Cc1cc(NC2CCCC2)ncc1-c1sc(C(=O)NCC2(O)CCC2)nc1C(=O)N1CCC[C@@H]1C.Cc1cc(N[C@H](C)C2CC2)ncc1-c1sc(C(=O)NCC(C)(C)O)nc1C(=O)N1CCC[C@@H]1C. The van der Waals surface area contributed by atoms with Crippen molar-refractivity contribution in [3.8, 4) is 41.8 Å². The fourth-order valence-corrected chi connectivity index (χ4v) is 24.0. The lowest BCUT2D eigenvalue weighted by Gasteiger charge is -2.36. The Hall–Kier alpha value is -10.1. The zero-order chi connectivity index (χ0) is 102. The lowest BCUT2D eigenvalue weighted by atomic mass is 9.80. The van der Waals surface area contributed by atoms with E-state index in [9.17, 15) is 58.8 Å². The number of amides is 8. The van der Waals surface area contributed by atoms with Crippen molar-refractivity contribution in [2.75, 3.05) is 73.6 Å². The summed E-state index contributed by atoms with van der Waals surface area (Å²) in [6.45, 7) is 33.9. The first-order valence-electron chi connectivity index (χ1n) is 51.7. The molecular weight excluding hydrogens is 1870 g/mol. The highest BCUT2D eigenvalue weighted by molar-refractivity contribution is 7.18. The van der Waals surface area contributed by atoms with E-state index in [2.05, 4.69) is 118 Å². The number of hydrogen-bond acceptors (Lipinski definition) is 28. The first-order chi connectivity index (χ1) is 67.4. The Morgan fingerprint density at radius 2 is 0.732 bits per heavy atom. The van der Waals surface area contributed by atoms with Crippen LogP contribution in [0.2, 0.25) is 0 Å². The number of aliphatic hydroxyl groups is 4. The number of rotatable bonds is 31. The fourth-order valence-electron chi connectivity index (χ4n) is 19.8. The molecule has 10 fully saturated rings. The van der Waals surface area contributed by atoms with Gasteiger partial charge in [-0.2, -0.15) is 0 Å². The lowest BCUT2D eigenvalue weighted by molar-refractivity contribution is -0.0300. The molecule has 8 amide bonds. The van der Waals surface area contributed by atoms with Crippen LogP contribution in [0.1, 0.15) is 373 Å². The van der Waals surface area contributed by atoms with Crippen molar-refractivity contribution < 1.29 is 58.8 Å². The van der Waals surface area contributed by atoms with Gasteiger partial charge in [0.1, 0.15) is 46.0 Å². The summed E-state index contributed by atoms with van der Waals surface area (Å²) in [6, 6.07) is 10.0. The minimum absolute atomic E-state index is 0.0236. The lowest BCUT2D eigenvalue weighted by Crippen LogP contribution is -2.47. The first-order valence-corrected chi connectivity index (χ1v) is 55.0. The monoisotopic (exact) mass is 2020 g/mol. The molecule has 0 radical (unpaired) electrons. The maximum atomic E-state index is 13.8. The molecule has 18 rings (SSSR count). The zero-order valence-corrected chi connectivity index (χ0v) is 89.0. The van der Waals surface area contributed by atoms with Crippen molar-refractivity contribution in [1.82, 2.24) is 80.7 Å². The number of likely N-dealkylation sites (tertiary alicyclic amines) is 4. The molecule has 0 unspecified atom stereocenters. The van der Waals surface area contributed by atoms with Gasteiger partial charge in [0.2, 0.25) is 0 Å². The molecule has 36 heteroatoms. The van der Waals surface area contributed by atoms with Gasteiger partial charge < -0.3 is 82.6 Å². The summed E-state index contributed by atoms with van der Waals surface area (Å²) in [5.74, 6) is 3.08. The van der Waals surface area contributed by atoms with Crippen LogP contribution >= 0.6 is 45.3 Å². The van der Waals surface area contributed by atoms with Gasteiger partial charge in [0.05, 0.1) is 41.9 Å². The van der Waals surface area contributed by atoms with E-state index in [0.29, 0.717) is 112 Å². The molecular formula is C106H148N20O12S4. The second-order valence-corrected chi connectivity index (χ2v) is 47.9. The second kappa shape index (κ2) is 45.3. The molecule has 8 aromatic heterocycles. The average Bonchev–Trinajstić information content (AvgIpc) is 1.61. The van der Waals surface area contributed by atoms with E-state index < -0.39 is 34.2 Å². The van der Waals surface area contributed by atoms with Crippen LogP contribution in [0.5, 0.6) is 0 Å². The van der Waals surface area contributed by atoms with Crippen LogP contribution in [0.15, 0.2) is 49.1 Å². The Labute approximate surface area is 851 Å². The number of nitrogens with one attached hydrogen (secondary N) is 8. The predicted octanol–water partition coefficient (Wildman–Crippen LogP) is 17.6. The normalized spacial score (nSPS) is 20.1. The number of carbonyl (C=O) groups is 8. The predicted molar refractivity (Wildman–Crippen MR) is 561 cm³/mol. The van der Waals surface area contributed by atoms with Gasteiger partial charge in [-0.15, -0.1) is 45.3 Å². The third-order valence-electron chi connectivity index (χ3n) is 29.2. The molecule has 768 valence electrons. The molecule has 6 saturated carbocycles. The molecule has 12 N–H and O–H groups in total. The van der Waals surface area contributed by atoms with Crippen LogP contribution in [-0.4, -0.2) is 250 Å². The van der Waals surface area contributed by atoms with Gasteiger partial charge in [-0.3, -0.25) is 38.4 Å². The Bertz CT molecular complexity index is 5860. The first kappa shape index (κ1) is 106. The molecule has 142 heavy (non-hydrogen) atoms. The number of carbonyl (C=O) groups excluding carboxylic acids is 8. The quantitative estimate of drug-likeness (QED) is 0.0192. The molecule has 5 atom stereocenters. The van der Waals surface area contributed by atoms with Crippen LogP contribution in [0.4, 0.5) is 23.3 Å². The van der Waals surface area contributed by atoms with E-state index in [1.54, 1.807) is 60.1 Å². The summed E-state index contributed by atoms with van der Waals surface area (Å²) in [5.41, 5.74) is 4.73. The summed E-state index contributed by atoms with van der Waals surface area (Å²) in [5, 5.41) is 66.5. The molecule has 6 aliphatic carbocycles. The van der Waals surface area contributed by atoms with Gasteiger partial charge in [-0.25, -0.2) is 39.9 Å². The van der Waals surface area contributed by atoms with E-state index in [1.165, 1.54) is 122 Å². The second-order valence-electron chi connectivity index (χ2n) is 43.9. The Morgan fingerprint density at radius 3 is 1.08 bits per heavy atom. The van der Waals surface area contributed by atoms with E-state index in [-0.39, 0.29) is 111 Å². The molecule has 0 bridgehead atoms.